The van der Waals surface area contributed by atoms with Gasteiger partial charge in [0.25, 0.3) is 11.8 Å². The number of imide groups is 1. The Morgan fingerprint density at radius 3 is 2.58 bits per heavy atom. The summed E-state index contributed by atoms with van der Waals surface area (Å²) >= 11 is 2.12. The molecule has 2 amide bonds. The van der Waals surface area contributed by atoms with Crippen molar-refractivity contribution < 1.29 is 19.1 Å². The number of ether oxygens (including phenoxy) is 2. The van der Waals surface area contributed by atoms with E-state index >= 15 is 0 Å². The van der Waals surface area contributed by atoms with Crippen LogP contribution < -0.4 is 0 Å². The van der Waals surface area contributed by atoms with Crippen LogP contribution in [0.4, 0.5) is 0 Å². The fraction of sp³-hybridized carbons (Fsp3) is 0.385. The highest BCUT2D eigenvalue weighted by molar-refractivity contribution is 14.1. The van der Waals surface area contributed by atoms with Crippen LogP contribution in [0, 0.1) is 3.57 Å². The van der Waals surface area contributed by atoms with Gasteiger partial charge in [-0.15, -0.1) is 0 Å². The Hall–Kier alpha value is -0.990. The number of fused-ring (bicyclic) bond motifs is 1. The lowest BCUT2D eigenvalue weighted by molar-refractivity contribution is 0.0459. The van der Waals surface area contributed by atoms with Gasteiger partial charge in [-0.25, -0.2) is 0 Å². The third kappa shape index (κ3) is 3.13. The van der Waals surface area contributed by atoms with Gasteiger partial charge < -0.3 is 9.47 Å². The number of carbonyl (C=O) groups is 2. The van der Waals surface area contributed by atoms with Gasteiger partial charge in [-0.1, -0.05) is 0 Å². The molecular formula is C13H14INO4. The zero-order chi connectivity index (χ0) is 13.8. The van der Waals surface area contributed by atoms with Crippen LogP contribution >= 0.6 is 22.6 Å². The lowest BCUT2D eigenvalue weighted by Gasteiger charge is -2.13. The number of methoxy groups -OCH3 is 1. The lowest BCUT2D eigenvalue weighted by atomic mass is 10.1. The highest BCUT2D eigenvalue weighted by Crippen LogP contribution is 2.24. The van der Waals surface area contributed by atoms with E-state index in [9.17, 15) is 9.59 Å². The maximum Gasteiger partial charge on any atom is 0.261 e. The molecule has 19 heavy (non-hydrogen) atoms. The molecule has 0 radical (unpaired) electrons. The van der Waals surface area contributed by atoms with Crippen molar-refractivity contribution in [3.63, 3.8) is 0 Å². The Morgan fingerprint density at radius 1 is 1.11 bits per heavy atom. The number of rotatable bonds is 6. The van der Waals surface area contributed by atoms with Crippen LogP contribution in [-0.2, 0) is 9.47 Å². The third-order valence-electron chi connectivity index (χ3n) is 2.82. The molecular weight excluding hydrogens is 361 g/mol. The minimum atomic E-state index is -0.244. The van der Waals surface area contributed by atoms with Crippen LogP contribution in [0.25, 0.3) is 0 Å². The molecule has 1 aliphatic heterocycles. The molecule has 2 rings (SSSR count). The maximum absolute atomic E-state index is 12.1. The molecule has 5 nitrogen and oxygen atoms in total. The molecule has 1 aliphatic rings. The molecule has 6 heteroatoms. The van der Waals surface area contributed by atoms with Crippen molar-refractivity contribution in [2.24, 2.45) is 0 Å². The van der Waals surface area contributed by atoms with Crippen molar-refractivity contribution in [2.45, 2.75) is 0 Å². The molecule has 0 fully saturated rings. The van der Waals surface area contributed by atoms with Crippen LogP contribution in [0.2, 0.25) is 0 Å². The second-order valence-electron chi connectivity index (χ2n) is 4.06. The van der Waals surface area contributed by atoms with E-state index in [0.29, 0.717) is 30.9 Å². The van der Waals surface area contributed by atoms with E-state index in [1.54, 1.807) is 19.2 Å². The monoisotopic (exact) mass is 375 g/mol. The van der Waals surface area contributed by atoms with Gasteiger partial charge in [0.2, 0.25) is 0 Å². The van der Waals surface area contributed by atoms with Crippen molar-refractivity contribution in [1.82, 2.24) is 4.90 Å². The van der Waals surface area contributed by atoms with E-state index in [-0.39, 0.29) is 18.4 Å². The predicted octanol–water partition coefficient (Wildman–Crippen LogP) is 1.55. The molecule has 1 aromatic carbocycles. The van der Waals surface area contributed by atoms with Gasteiger partial charge in [-0.05, 0) is 40.8 Å². The maximum atomic E-state index is 12.1. The summed E-state index contributed by atoms with van der Waals surface area (Å²) in [6, 6.07) is 5.26. The third-order valence-corrected chi connectivity index (χ3v) is 3.49. The molecule has 0 bridgehead atoms. The summed E-state index contributed by atoms with van der Waals surface area (Å²) in [5.41, 5.74) is 0.955. The smallest absolute Gasteiger partial charge is 0.261 e. The molecule has 0 unspecified atom stereocenters. The van der Waals surface area contributed by atoms with E-state index < -0.39 is 0 Å². The van der Waals surface area contributed by atoms with Gasteiger partial charge in [0.1, 0.15) is 0 Å². The summed E-state index contributed by atoms with van der Waals surface area (Å²) in [7, 11) is 1.59. The molecule has 0 aliphatic carbocycles. The number of carbonyl (C=O) groups excluding carboxylic acids is 2. The first kappa shape index (κ1) is 14.4. The summed E-state index contributed by atoms with van der Waals surface area (Å²) in [6.07, 6.45) is 0. The van der Waals surface area contributed by atoms with Crippen molar-refractivity contribution in [1.29, 1.82) is 0 Å². The normalized spacial score (nSPS) is 14.1. The topological polar surface area (TPSA) is 55.8 Å². The summed E-state index contributed by atoms with van der Waals surface area (Å²) in [4.78, 5) is 25.4. The molecule has 0 N–H and O–H groups in total. The van der Waals surface area contributed by atoms with Crippen LogP contribution in [0.1, 0.15) is 20.7 Å². The molecule has 102 valence electrons. The first-order valence-electron chi connectivity index (χ1n) is 5.87. The summed E-state index contributed by atoms with van der Waals surface area (Å²) in [6.45, 7) is 1.55. The van der Waals surface area contributed by atoms with E-state index in [4.69, 9.17) is 9.47 Å². The molecule has 0 saturated carbocycles. The first-order valence-corrected chi connectivity index (χ1v) is 6.95. The van der Waals surface area contributed by atoms with Gasteiger partial charge in [-0.2, -0.15) is 0 Å². The second-order valence-corrected chi connectivity index (χ2v) is 5.30. The van der Waals surface area contributed by atoms with Gasteiger partial charge in [0.05, 0.1) is 37.5 Å². The number of benzene rings is 1. The Morgan fingerprint density at radius 2 is 1.84 bits per heavy atom. The Bertz CT molecular complexity index is 503. The largest absolute Gasteiger partial charge is 0.382 e. The quantitative estimate of drug-likeness (QED) is 0.430. The standard InChI is InChI=1S/C13H14INO4/c1-18-6-7-19-5-4-15-12(16)10-3-2-9(14)8-11(10)13(15)17/h2-3,8H,4-7H2,1H3. The lowest BCUT2D eigenvalue weighted by Crippen LogP contribution is -2.33. The van der Waals surface area contributed by atoms with Crippen LogP contribution in [0.15, 0.2) is 18.2 Å². The van der Waals surface area contributed by atoms with E-state index in [0.717, 1.165) is 3.57 Å². The zero-order valence-corrected chi connectivity index (χ0v) is 12.7. The van der Waals surface area contributed by atoms with Crippen LogP contribution in [-0.4, -0.2) is 50.2 Å². The fourth-order valence-corrected chi connectivity index (χ4v) is 2.36. The fourth-order valence-electron chi connectivity index (χ4n) is 1.87. The molecule has 0 atom stereocenters. The van der Waals surface area contributed by atoms with Gasteiger partial charge in [0, 0.05) is 10.7 Å². The second kappa shape index (κ2) is 6.44. The van der Waals surface area contributed by atoms with Crippen LogP contribution in [0.3, 0.4) is 0 Å². The number of halogens is 1. The van der Waals surface area contributed by atoms with Gasteiger partial charge in [0.15, 0.2) is 0 Å². The van der Waals surface area contributed by atoms with Crippen molar-refractivity contribution in [3.05, 3.63) is 32.9 Å². The van der Waals surface area contributed by atoms with E-state index in [2.05, 4.69) is 22.6 Å². The molecule has 0 saturated heterocycles. The van der Waals surface area contributed by atoms with Gasteiger partial charge in [-0.3, -0.25) is 14.5 Å². The average Bonchev–Trinajstić information content (AvgIpc) is 2.63. The summed E-state index contributed by atoms with van der Waals surface area (Å²) in [5, 5.41) is 0. The van der Waals surface area contributed by atoms with Crippen molar-refractivity contribution in [3.8, 4) is 0 Å². The van der Waals surface area contributed by atoms with Crippen molar-refractivity contribution in [2.75, 3.05) is 33.5 Å². The number of nitrogens with zero attached hydrogens (tertiary/aromatic N) is 1. The summed E-state index contributed by atoms with van der Waals surface area (Å²) < 4.78 is 11.1. The average molecular weight is 375 g/mol. The minimum absolute atomic E-state index is 0.242. The molecule has 1 heterocycles. The van der Waals surface area contributed by atoms with Gasteiger partial charge >= 0.3 is 0 Å². The molecule has 0 aromatic heterocycles. The number of amides is 2. The zero-order valence-electron chi connectivity index (χ0n) is 10.5. The SMILES string of the molecule is COCCOCCN1C(=O)c2ccc(I)cc2C1=O. The highest BCUT2D eigenvalue weighted by atomic mass is 127. The molecule has 1 aromatic rings. The number of hydrogen-bond donors (Lipinski definition) is 0. The van der Waals surface area contributed by atoms with E-state index in [1.165, 1.54) is 4.90 Å². The number of hydrogen-bond acceptors (Lipinski definition) is 4. The Balaban J connectivity index is 1.98. The van der Waals surface area contributed by atoms with Crippen molar-refractivity contribution >= 4 is 34.4 Å². The summed E-state index contributed by atoms with van der Waals surface area (Å²) in [5.74, 6) is -0.486. The van der Waals surface area contributed by atoms with Crippen LogP contribution in [0.5, 0.6) is 0 Å². The minimum Gasteiger partial charge on any atom is -0.382 e. The Kier molecular flexibility index (Phi) is 4.89. The Labute approximate surface area is 125 Å². The van der Waals surface area contributed by atoms with E-state index in [1.807, 2.05) is 6.07 Å². The predicted molar refractivity (Wildman–Crippen MR) is 77.2 cm³/mol. The highest BCUT2D eigenvalue weighted by Gasteiger charge is 2.35. The molecule has 0 spiro atoms. The first-order chi connectivity index (χ1) is 9.15.